The van der Waals surface area contributed by atoms with Crippen molar-refractivity contribution in [3.05, 3.63) is 52.1 Å². The number of pyridine rings is 1. The smallest absolute Gasteiger partial charge is 0.344 e. The Morgan fingerprint density at radius 1 is 1.12 bits per heavy atom. The van der Waals surface area contributed by atoms with E-state index in [1.807, 2.05) is 6.07 Å². The van der Waals surface area contributed by atoms with Gasteiger partial charge in [0.1, 0.15) is 5.75 Å². The number of hydrogen-bond donors (Lipinski definition) is 1. The highest BCUT2D eigenvalue weighted by Gasteiger charge is 2.12. The summed E-state index contributed by atoms with van der Waals surface area (Å²) in [7, 11) is 0. The van der Waals surface area contributed by atoms with Gasteiger partial charge in [-0.2, -0.15) is 0 Å². The minimum atomic E-state index is -0.666. The van der Waals surface area contributed by atoms with E-state index in [4.69, 9.17) is 32.7 Å². The number of esters is 1. The number of halogens is 2. The second kappa shape index (κ2) is 8.52. The molecule has 0 bridgehead atoms. The summed E-state index contributed by atoms with van der Waals surface area (Å²) in [6.45, 7) is 0.905. The largest absolute Gasteiger partial charge is 0.482 e. The van der Waals surface area contributed by atoms with Crippen LogP contribution < -0.4 is 10.1 Å². The number of nitrogens with one attached hydrogen (secondary N) is 1. The molecule has 8 heteroatoms. The fraction of sp³-hybridized carbons (Fsp3) is 0.188. The molecule has 0 saturated carbocycles. The molecule has 6 nitrogen and oxygen atoms in total. The van der Waals surface area contributed by atoms with Crippen LogP contribution in [-0.2, 0) is 14.3 Å². The van der Waals surface area contributed by atoms with E-state index in [1.165, 1.54) is 6.07 Å². The van der Waals surface area contributed by atoms with Crippen LogP contribution in [-0.4, -0.2) is 30.1 Å². The zero-order chi connectivity index (χ0) is 17.5. The Morgan fingerprint density at radius 2 is 1.83 bits per heavy atom. The van der Waals surface area contributed by atoms with E-state index >= 15 is 0 Å². The molecule has 0 fully saturated rings. The summed E-state index contributed by atoms with van der Waals surface area (Å²) in [5, 5.41) is 3.03. The van der Waals surface area contributed by atoms with Crippen LogP contribution >= 0.6 is 23.2 Å². The van der Waals surface area contributed by atoms with Crippen molar-refractivity contribution in [2.24, 2.45) is 0 Å². The zero-order valence-electron chi connectivity index (χ0n) is 12.7. The summed E-state index contributed by atoms with van der Waals surface area (Å²) in [6, 6.07) is 10.3. The molecular formula is C16H14Cl2N2O4. The van der Waals surface area contributed by atoms with E-state index in [0.29, 0.717) is 16.5 Å². The lowest BCUT2D eigenvalue weighted by Gasteiger charge is -2.09. The topological polar surface area (TPSA) is 77.5 Å². The molecule has 1 heterocycles. The van der Waals surface area contributed by atoms with Gasteiger partial charge < -0.3 is 14.8 Å². The number of aromatic nitrogens is 1. The van der Waals surface area contributed by atoms with Gasteiger partial charge in [0.15, 0.2) is 19.0 Å². The number of ether oxygens (including phenoxy) is 2. The quantitative estimate of drug-likeness (QED) is 0.791. The highest BCUT2D eigenvalue weighted by atomic mass is 35.5. The summed E-state index contributed by atoms with van der Waals surface area (Å²) in [6.07, 6.45) is 0. The molecule has 0 aliphatic rings. The molecule has 2 rings (SSSR count). The molecule has 2 aromatic rings. The number of rotatable bonds is 6. The molecule has 0 atom stereocenters. The number of para-hydroxylation sites is 1. The highest BCUT2D eigenvalue weighted by molar-refractivity contribution is 6.36. The van der Waals surface area contributed by atoms with Crippen molar-refractivity contribution in [3.8, 4) is 5.75 Å². The van der Waals surface area contributed by atoms with Gasteiger partial charge in [-0.15, -0.1) is 0 Å². The summed E-state index contributed by atoms with van der Waals surface area (Å²) >= 11 is 11.8. The van der Waals surface area contributed by atoms with Crippen molar-refractivity contribution in [3.63, 3.8) is 0 Å². The molecule has 1 aromatic heterocycles. The van der Waals surface area contributed by atoms with Crippen molar-refractivity contribution in [1.29, 1.82) is 0 Å². The van der Waals surface area contributed by atoms with Gasteiger partial charge in [0.05, 0.1) is 15.7 Å². The van der Waals surface area contributed by atoms with E-state index in [0.717, 1.165) is 0 Å². The van der Waals surface area contributed by atoms with Crippen molar-refractivity contribution >= 4 is 40.9 Å². The zero-order valence-corrected chi connectivity index (χ0v) is 14.2. The van der Waals surface area contributed by atoms with Crippen LogP contribution in [0, 0.1) is 6.92 Å². The van der Waals surface area contributed by atoms with Gasteiger partial charge >= 0.3 is 5.97 Å². The SMILES string of the molecule is Cc1nc(NC(=O)COC(=O)COc2ccccc2)c(Cl)cc1Cl. The van der Waals surface area contributed by atoms with E-state index in [-0.39, 0.29) is 17.4 Å². The van der Waals surface area contributed by atoms with Gasteiger partial charge in [-0.3, -0.25) is 4.79 Å². The molecule has 24 heavy (non-hydrogen) atoms. The fourth-order valence-electron chi connectivity index (χ4n) is 1.66. The Balaban J connectivity index is 1.78. The first-order chi connectivity index (χ1) is 11.5. The molecule has 0 spiro atoms. The Hall–Kier alpha value is -2.31. The monoisotopic (exact) mass is 368 g/mol. The van der Waals surface area contributed by atoms with Gasteiger partial charge in [0.25, 0.3) is 5.91 Å². The number of benzene rings is 1. The van der Waals surface area contributed by atoms with Crippen LogP contribution in [0.1, 0.15) is 5.69 Å². The van der Waals surface area contributed by atoms with Crippen molar-refractivity contribution < 1.29 is 19.1 Å². The molecule has 1 amide bonds. The molecule has 126 valence electrons. The summed E-state index contributed by atoms with van der Waals surface area (Å²) in [5.74, 6) is -0.550. The third-order valence-electron chi connectivity index (χ3n) is 2.83. The minimum absolute atomic E-state index is 0.153. The number of carbonyl (C=O) groups is 2. The van der Waals surface area contributed by atoms with Crippen molar-refractivity contribution in [2.75, 3.05) is 18.5 Å². The summed E-state index contributed by atoms with van der Waals surface area (Å²) < 4.78 is 10.0. The Kier molecular flexibility index (Phi) is 6.40. The van der Waals surface area contributed by atoms with E-state index < -0.39 is 18.5 Å². The van der Waals surface area contributed by atoms with Crippen molar-refractivity contribution in [2.45, 2.75) is 6.92 Å². The molecule has 1 aromatic carbocycles. The molecule has 0 aliphatic carbocycles. The third kappa shape index (κ3) is 5.40. The third-order valence-corrected chi connectivity index (χ3v) is 3.50. The Morgan fingerprint density at radius 3 is 2.54 bits per heavy atom. The molecule has 0 unspecified atom stereocenters. The molecule has 0 saturated heterocycles. The molecule has 0 aliphatic heterocycles. The summed E-state index contributed by atoms with van der Waals surface area (Å²) in [4.78, 5) is 27.4. The second-order valence-electron chi connectivity index (χ2n) is 4.70. The van der Waals surface area contributed by atoms with Gasteiger partial charge in [0, 0.05) is 0 Å². The first-order valence-electron chi connectivity index (χ1n) is 6.91. The maximum atomic E-state index is 11.8. The first kappa shape index (κ1) is 18.0. The Bertz CT molecular complexity index is 738. The Labute approximate surface area is 148 Å². The predicted molar refractivity (Wildman–Crippen MR) is 90.5 cm³/mol. The highest BCUT2D eigenvalue weighted by Crippen LogP contribution is 2.25. The second-order valence-corrected chi connectivity index (χ2v) is 5.51. The minimum Gasteiger partial charge on any atom is -0.482 e. The van der Waals surface area contributed by atoms with Gasteiger partial charge in [-0.05, 0) is 25.1 Å². The first-order valence-corrected chi connectivity index (χ1v) is 7.67. The van der Waals surface area contributed by atoms with Crippen LogP contribution in [0.5, 0.6) is 5.75 Å². The standard InChI is InChI=1S/C16H14Cl2N2O4/c1-10-12(17)7-13(18)16(19-10)20-14(21)8-24-15(22)9-23-11-5-3-2-4-6-11/h2-7H,8-9H2,1H3,(H,19,20,21). The van der Waals surface area contributed by atoms with Crippen LogP contribution in [0.4, 0.5) is 5.82 Å². The van der Waals surface area contributed by atoms with Gasteiger partial charge in [-0.1, -0.05) is 41.4 Å². The maximum absolute atomic E-state index is 11.8. The number of nitrogens with zero attached hydrogens (tertiary/aromatic N) is 1. The van der Waals surface area contributed by atoms with Crippen LogP contribution in [0.2, 0.25) is 10.0 Å². The van der Waals surface area contributed by atoms with Gasteiger partial charge in [0.2, 0.25) is 0 Å². The van der Waals surface area contributed by atoms with E-state index in [1.54, 1.807) is 31.2 Å². The van der Waals surface area contributed by atoms with Crippen molar-refractivity contribution in [1.82, 2.24) is 4.98 Å². The number of anilines is 1. The summed E-state index contributed by atoms with van der Waals surface area (Å²) in [5.41, 5.74) is 0.518. The molecule has 1 N–H and O–H groups in total. The number of carbonyl (C=O) groups excluding carboxylic acids is 2. The molecular weight excluding hydrogens is 355 g/mol. The maximum Gasteiger partial charge on any atom is 0.344 e. The average molecular weight is 369 g/mol. The average Bonchev–Trinajstić information content (AvgIpc) is 2.57. The van der Waals surface area contributed by atoms with Crippen LogP contribution in [0.3, 0.4) is 0 Å². The number of amides is 1. The lowest BCUT2D eigenvalue weighted by molar-refractivity contribution is -0.149. The van der Waals surface area contributed by atoms with E-state index in [2.05, 4.69) is 10.3 Å². The number of aryl methyl sites for hydroxylation is 1. The molecule has 0 radical (unpaired) electrons. The lowest BCUT2D eigenvalue weighted by atomic mass is 10.3. The van der Waals surface area contributed by atoms with E-state index in [9.17, 15) is 9.59 Å². The predicted octanol–water partition coefficient (Wildman–Crippen LogP) is 3.26. The fourth-order valence-corrected chi connectivity index (χ4v) is 2.07. The lowest BCUT2D eigenvalue weighted by Crippen LogP contribution is -2.24. The van der Waals surface area contributed by atoms with Gasteiger partial charge in [-0.25, -0.2) is 9.78 Å². The van der Waals surface area contributed by atoms with Crippen LogP contribution in [0.25, 0.3) is 0 Å². The number of hydrogen-bond acceptors (Lipinski definition) is 5. The normalized spacial score (nSPS) is 10.1. The van der Waals surface area contributed by atoms with Crippen LogP contribution in [0.15, 0.2) is 36.4 Å².